The van der Waals surface area contributed by atoms with E-state index in [9.17, 15) is 13.2 Å². The van der Waals surface area contributed by atoms with Crippen molar-refractivity contribution in [3.8, 4) is 5.75 Å². The van der Waals surface area contributed by atoms with Crippen molar-refractivity contribution in [2.45, 2.75) is 17.9 Å². The van der Waals surface area contributed by atoms with Crippen LogP contribution in [0.1, 0.15) is 6.92 Å². The fraction of sp³-hybridized carbons (Fsp3) is 0.235. The van der Waals surface area contributed by atoms with Gasteiger partial charge in [-0.3, -0.25) is 9.52 Å². The van der Waals surface area contributed by atoms with Crippen LogP contribution in [-0.4, -0.2) is 34.6 Å². The Bertz CT molecular complexity index is 1080. The molecule has 0 saturated carbocycles. The largest absolute Gasteiger partial charge is 0.487 e. The van der Waals surface area contributed by atoms with Gasteiger partial charge in [0.2, 0.25) is 0 Å². The molecule has 0 fully saturated rings. The number of nitrogens with zero attached hydrogens (tertiary/aromatic N) is 1. The molecule has 0 bridgehead atoms. The lowest BCUT2D eigenvalue weighted by atomic mass is 10.2. The fourth-order valence-corrected chi connectivity index (χ4v) is 4.83. The summed E-state index contributed by atoms with van der Waals surface area (Å²) in [6, 6.07) is 2.88. The topological polar surface area (TPSA) is 84.9 Å². The minimum atomic E-state index is -3.99. The van der Waals surface area contributed by atoms with Crippen molar-refractivity contribution in [2.24, 2.45) is 0 Å². The summed E-state index contributed by atoms with van der Waals surface area (Å²) < 4.78 is 38.8. The quantitative estimate of drug-likeness (QED) is 0.680. The molecule has 1 aromatic carbocycles. The van der Waals surface area contributed by atoms with Gasteiger partial charge in [-0.05, 0) is 46.5 Å². The summed E-state index contributed by atoms with van der Waals surface area (Å²) in [5.74, 6) is 0.322. The highest BCUT2D eigenvalue weighted by molar-refractivity contribution is 9.10. The standard InChI is InChI=1S/C17H14BrClN2O5S/c1-9-17(22)21(2)13-7-11(18)16(8-15(13)26-9)27(23,24)20-10-4-5-14(25-3)12(19)6-10/h6-9,20H,1-3H3. The van der Waals surface area contributed by atoms with Gasteiger partial charge in [0.05, 0.1) is 17.8 Å². The number of hydrogen-bond acceptors (Lipinski definition) is 5. The number of carbonyl (C=O) groups is 1. The summed E-state index contributed by atoms with van der Waals surface area (Å²) in [4.78, 5) is 13.4. The first-order chi connectivity index (χ1) is 12.6. The number of halogens is 2. The molecule has 0 radical (unpaired) electrons. The Morgan fingerprint density at radius 3 is 2.70 bits per heavy atom. The van der Waals surface area contributed by atoms with Gasteiger partial charge in [-0.2, -0.15) is 0 Å². The average Bonchev–Trinajstić information content (AvgIpc) is 2.60. The summed E-state index contributed by atoms with van der Waals surface area (Å²) in [5, 5.41) is 0.191. The second kappa shape index (κ2) is 7.11. The number of fused-ring (bicyclic) bond motifs is 1. The molecule has 0 aromatic heterocycles. The Morgan fingerprint density at radius 1 is 1.37 bits per heavy atom. The number of hydrogen-bond donors (Lipinski definition) is 1. The summed E-state index contributed by atoms with van der Waals surface area (Å²) >= 11 is 9.25. The Hall–Kier alpha value is -2.15. The van der Waals surface area contributed by atoms with Crippen LogP contribution in [0.2, 0.25) is 0 Å². The summed E-state index contributed by atoms with van der Waals surface area (Å²) in [5.41, 5.74) is 5.83. The highest BCUT2D eigenvalue weighted by Crippen LogP contribution is 2.39. The predicted molar refractivity (Wildman–Crippen MR) is 103 cm³/mol. The fourth-order valence-electron chi connectivity index (χ4n) is 2.53. The Balaban J connectivity index is 2.02. The Labute approximate surface area is 169 Å². The van der Waals surface area contributed by atoms with E-state index in [4.69, 9.17) is 21.1 Å². The number of methoxy groups -OCH3 is 1. The van der Waals surface area contributed by atoms with Gasteiger partial charge in [0.1, 0.15) is 16.3 Å². The van der Waals surface area contributed by atoms with E-state index in [-0.39, 0.29) is 37.5 Å². The molecule has 0 saturated heterocycles. The molecule has 142 valence electrons. The maximum atomic E-state index is 12.8. The van der Waals surface area contributed by atoms with Crippen molar-refractivity contribution in [1.29, 1.82) is 0 Å². The van der Waals surface area contributed by atoms with E-state index in [1.807, 2.05) is 0 Å². The molecular formula is C17H14BrClN2O5S. The smallest absolute Gasteiger partial charge is 0.267 e. The lowest BCUT2D eigenvalue weighted by Gasteiger charge is -2.30. The van der Waals surface area contributed by atoms with E-state index < -0.39 is 16.1 Å². The van der Waals surface area contributed by atoms with Crippen LogP contribution < -0.4 is 14.4 Å². The molecule has 0 spiro atoms. The van der Waals surface area contributed by atoms with Gasteiger partial charge >= 0.3 is 0 Å². The van der Waals surface area contributed by atoms with Gasteiger partial charge in [0, 0.05) is 17.6 Å². The zero-order valence-electron chi connectivity index (χ0n) is 14.5. The third-order valence-electron chi connectivity index (χ3n) is 3.89. The monoisotopic (exact) mass is 472 g/mol. The minimum absolute atomic E-state index is 0.0588. The van der Waals surface area contributed by atoms with Gasteiger partial charge in [-0.15, -0.1) is 0 Å². The lowest BCUT2D eigenvalue weighted by molar-refractivity contribution is -0.125. The molecular weight excluding hydrogens is 460 g/mol. The molecule has 10 heteroatoms. The molecule has 3 rings (SSSR count). The second-order valence-corrected chi connectivity index (χ2v) is 8.61. The van der Waals surface area contributed by atoms with Crippen LogP contribution in [0.25, 0.3) is 0 Å². The van der Waals surface area contributed by atoms with E-state index >= 15 is 0 Å². The molecule has 1 unspecified atom stereocenters. The lowest BCUT2D eigenvalue weighted by Crippen LogP contribution is -2.42. The molecule has 1 aliphatic carbocycles. The van der Waals surface area contributed by atoms with Crippen LogP contribution in [0.15, 0.2) is 55.5 Å². The van der Waals surface area contributed by atoms with Crippen molar-refractivity contribution in [1.82, 2.24) is 4.72 Å². The molecule has 1 N–H and O–H groups in total. The number of benzene rings is 1. The second-order valence-electron chi connectivity index (χ2n) is 5.70. The predicted octanol–water partition coefficient (Wildman–Crippen LogP) is 2.78. The first-order valence-electron chi connectivity index (χ1n) is 7.62. The Morgan fingerprint density at radius 2 is 2.07 bits per heavy atom. The van der Waals surface area contributed by atoms with Gasteiger partial charge in [-0.25, -0.2) is 8.42 Å². The van der Waals surface area contributed by atoms with E-state index in [0.29, 0.717) is 5.69 Å². The number of nitrogens with one attached hydrogen (secondary N) is 1. The average molecular weight is 474 g/mol. The van der Waals surface area contributed by atoms with Crippen LogP contribution >= 0.6 is 27.5 Å². The minimum Gasteiger partial charge on any atom is -0.487 e. The highest BCUT2D eigenvalue weighted by Gasteiger charge is 2.32. The van der Waals surface area contributed by atoms with Crippen LogP contribution in [0.4, 0.5) is 5.69 Å². The number of likely N-dealkylation sites (N-methyl/N-ethyl adjacent to an activating group) is 1. The van der Waals surface area contributed by atoms with Crippen LogP contribution in [-0.2, 0) is 19.6 Å². The van der Waals surface area contributed by atoms with E-state index in [1.54, 1.807) is 14.0 Å². The molecule has 2 aliphatic rings. The molecule has 1 atom stereocenters. The van der Waals surface area contributed by atoms with Crippen molar-refractivity contribution in [3.05, 3.63) is 50.6 Å². The maximum absolute atomic E-state index is 12.8. The van der Waals surface area contributed by atoms with Gasteiger partial charge in [0.25, 0.3) is 15.9 Å². The van der Waals surface area contributed by atoms with Crippen molar-refractivity contribution >= 4 is 49.1 Å². The van der Waals surface area contributed by atoms with Crippen molar-refractivity contribution in [3.63, 3.8) is 0 Å². The molecule has 1 aromatic rings. The van der Waals surface area contributed by atoms with Gasteiger partial charge in [-0.1, -0.05) is 11.6 Å². The third kappa shape index (κ3) is 3.65. The first-order valence-corrected chi connectivity index (χ1v) is 10.3. The number of rotatable bonds is 4. The summed E-state index contributed by atoms with van der Waals surface area (Å²) in [6.07, 6.45) is 0.654. The number of carbonyl (C=O) groups excluding carboxylic acids is 1. The zero-order chi connectivity index (χ0) is 19.9. The van der Waals surface area contributed by atoms with Crippen LogP contribution in [0.3, 0.4) is 0 Å². The SMILES string of the molecule is COC1=C=C=C(NS(=O)(=O)c2cc3c(cc2Br)N(C)C(=O)C(C)O3)C=C1Cl. The third-order valence-corrected chi connectivity index (χ3v) is 6.50. The van der Waals surface area contributed by atoms with Crippen LogP contribution in [0, 0.1) is 0 Å². The van der Waals surface area contributed by atoms with Crippen molar-refractivity contribution < 1.29 is 22.7 Å². The number of allylic oxidation sites excluding steroid dienone is 2. The van der Waals surface area contributed by atoms with E-state index in [0.717, 1.165) is 0 Å². The Kier molecular flexibility index (Phi) is 5.16. The summed E-state index contributed by atoms with van der Waals surface area (Å²) in [7, 11) is -0.974. The van der Waals surface area contributed by atoms with Crippen molar-refractivity contribution in [2.75, 3.05) is 19.1 Å². The highest BCUT2D eigenvalue weighted by atomic mass is 79.9. The number of anilines is 1. The molecule has 7 nitrogen and oxygen atoms in total. The number of ether oxygens (including phenoxy) is 2. The normalized spacial score (nSPS) is 18.9. The number of amides is 1. The van der Waals surface area contributed by atoms with E-state index in [1.165, 1.54) is 30.2 Å². The summed E-state index contributed by atoms with van der Waals surface area (Å²) in [6.45, 7) is 1.60. The molecule has 1 aliphatic heterocycles. The van der Waals surface area contributed by atoms with Gasteiger partial charge < -0.3 is 14.4 Å². The number of sulfonamides is 1. The molecule has 1 heterocycles. The molecule has 27 heavy (non-hydrogen) atoms. The van der Waals surface area contributed by atoms with Gasteiger partial charge in [0.15, 0.2) is 11.9 Å². The van der Waals surface area contributed by atoms with Crippen LogP contribution in [0.5, 0.6) is 5.75 Å². The van der Waals surface area contributed by atoms with E-state index in [2.05, 4.69) is 32.1 Å². The maximum Gasteiger partial charge on any atom is 0.267 e. The zero-order valence-corrected chi connectivity index (χ0v) is 17.6. The first kappa shape index (κ1) is 19.6. The molecule has 1 amide bonds.